The maximum atomic E-state index is 13.7. The van der Waals surface area contributed by atoms with Gasteiger partial charge in [0.05, 0.1) is 12.1 Å². The minimum atomic E-state index is -1.39. The number of rotatable bonds is 25. The molecule has 2 amide bonds. The molecule has 58 heavy (non-hydrogen) atoms. The quantitative estimate of drug-likeness (QED) is 0.0386. The molecule has 12 heteroatoms. The average molecular weight is 829 g/mol. The van der Waals surface area contributed by atoms with E-state index in [-0.39, 0.29) is 26.8 Å². The standard InChI is InChI=1S/C46H64N2O8Si2/c1-57(2,3)29-27-51-35-55-43(41(31-37-19-11-7-12-20-37)47-45(49)53-33-39-23-15-9-16-24-39)44(56-36-52-28-30-58(4,5)6)42(32-38-21-13-8-14-22-38)48-46(50)54-34-40-25-17-10-18-26-40/h7-26,41-44H,27-36H2,1-6H3,(H,47,49)(H,48,50)/t41-,42-,43+,44+/m1/s1. The Kier molecular flexibility index (Phi) is 19.7. The average Bonchev–Trinajstić information content (AvgIpc) is 3.20. The van der Waals surface area contributed by atoms with Gasteiger partial charge in [0.15, 0.2) is 0 Å². The summed E-state index contributed by atoms with van der Waals surface area (Å²) >= 11 is 0. The van der Waals surface area contributed by atoms with E-state index in [0.29, 0.717) is 26.1 Å². The fourth-order valence-electron chi connectivity index (χ4n) is 6.07. The molecule has 0 aliphatic heterocycles. The number of alkyl carbamates (subject to hydrolysis) is 2. The molecule has 0 bridgehead atoms. The van der Waals surface area contributed by atoms with Crippen molar-refractivity contribution in [2.45, 2.75) is 102 Å². The maximum absolute atomic E-state index is 13.7. The van der Waals surface area contributed by atoms with Crippen LogP contribution in [0.25, 0.3) is 0 Å². The minimum Gasteiger partial charge on any atom is -0.445 e. The van der Waals surface area contributed by atoms with Crippen molar-refractivity contribution in [2.75, 3.05) is 26.8 Å². The molecule has 314 valence electrons. The van der Waals surface area contributed by atoms with Crippen LogP contribution in [0, 0.1) is 0 Å². The lowest BCUT2D eigenvalue weighted by molar-refractivity contribution is -0.180. The second-order valence-electron chi connectivity index (χ2n) is 16.9. The Balaban J connectivity index is 1.72. The molecule has 0 aliphatic rings. The predicted octanol–water partition coefficient (Wildman–Crippen LogP) is 9.46. The summed E-state index contributed by atoms with van der Waals surface area (Å²) < 4.78 is 37.2. The van der Waals surface area contributed by atoms with E-state index in [9.17, 15) is 9.59 Å². The highest BCUT2D eigenvalue weighted by molar-refractivity contribution is 6.76. The van der Waals surface area contributed by atoms with Crippen molar-refractivity contribution in [3.05, 3.63) is 144 Å². The SMILES string of the molecule is C[Si](C)(C)CCOCO[C@H]([C@@H](OCOCC[Si](C)(C)C)[C@@H](Cc1ccccc1)NC(=O)OCc1ccccc1)[C@@H](Cc1ccccc1)NC(=O)OCc1ccccc1. The van der Waals surface area contributed by atoms with Gasteiger partial charge in [0, 0.05) is 29.4 Å². The number of carbonyl (C=O) groups excluding carboxylic acids is 2. The van der Waals surface area contributed by atoms with E-state index in [0.717, 1.165) is 34.3 Å². The Bertz CT molecular complexity index is 1600. The summed E-state index contributed by atoms with van der Waals surface area (Å²) in [6.07, 6.45) is -2.21. The first-order valence-electron chi connectivity index (χ1n) is 20.3. The highest BCUT2D eigenvalue weighted by Crippen LogP contribution is 2.22. The van der Waals surface area contributed by atoms with Crippen LogP contribution in [0.4, 0.5) is 9.59 Å². The number of carbonyl (C=O) groups is 2. The van der Waals surface area contributed by atoms with Crippen molar-refractivity contribution in [2.24, 2.45) is 0 Å². The van der Waals surface area contributed by atoms with Gasteiger partial charge in [-0.3, -0.25) is 0 Å². The van der Waals surface area contributed by atoms with Gasteiger partial charge in [0.25, 0.3) is 0 Å². The predicted molar refractivity (Wildman–Crippen MR) is 235 cm³/mol. The highest BCUT2D eigenvalue weighted by Gasteiger charge is 2.39. The van der Waals surface area contributed by atoms with E-state index in [2.05, 4.69) is 49.9 Å². The van der Waals surface area contributed by atoms with Crippen LogP contribution in [-0.4, -0.2) is 79.4 Å². The molecule has 4 rings (SSSR count). The van der Waals surface area contributed by atoms with Crippen molar-refractivity contribution < 1.29 is 38.0 Å². The largest absolute Gasteiger partial charge is 0.445 e. The zero-order valence-corrected chi connectivity index (χ0v) is 37.2. The Hall–Kier alpha value is -4.31. The number of benzene rings is 4. The molecule has 0 saturated heterocycles. The van der Waals surface area contributed by atoms with E-state index >= 15 is 0 Å². The van der Waals surface area contributed by atoms with Crippen LogP contribution in [0.2, 0.25) is 51.4 Å². The van der Waals surface area contributed by atoms with E-state index in [1.165, 1.54) is 0 Å². The monoisotopic (exact) mass is 828 g/mol. The Labute approximate surface area is 347 Å². The van der Waals surface area contributed by atoms with E-state index in [1.54, 1.807) is 0 Å². The van der Waals surface area contributed by atoms with Crippen LogP contribution in [-0.2, 0) is 54.5 Å². The number of ether oxygens (including phenoxy) is 6. The maximum Gasteiger partial charge on any atom is 0.407 e. The van der Waals surface area contributed by atoms with Crippen LogP contribution in [0.5, 0.6) is 0 Å². The van der Waals surface area contributed by atoms with Gasteiger partial charge in [0.2, 0.25) is 0 Å². The van der Waals surface area contributed by atoms with E-state index < -0.39 is 52.6 Å². The molecular weight excluding hydrogens is 765 g/mol. The van der Waals surface area contributed by atoms with Crippen LogP contribution in [0.15, 0.2) is 121 Å². The molecule has 0 heterocycles. The Morgan fingerprint density at radius 3 is 1.10 bits per heavy atom. The molecule has 0 spiro atoms. The van der Waals surface area contributed by atoms with Gasteiger partial charge in [-0.2, -0.15) is 0 Å². The van der Waals surface area contributed by atoms with Gasteiger partial charge in [0.1, 0.15) is 39.0 Å². The number of amides is 2. The van der Waals surface area contributed by atoms with Gasteiger partial charge in [-0.25, -0.2) is 9.59 Å². The number of hydrogen-bond donors (Lipinski definition) is 2. The summed E-state index contributed by atoms with van der Waals surface area (Å²) in [4.78, 5) is 27.4. The third-order valence-corrected chi connectivity index (χ3v) is 12.8. The summed E-state index contributed by atoms with van der Waals surface area (Å²) in [7, 11) is -2.79. The molecule has 0 aromatic heterocycles. The molecule has 0 aliphatic carbocycles. The van der Waals surface area contributed by atoms with Crippen LogP contribution in [0.3, 0.4) is 0 Å². The molecular formula is C46H64N2O8Si2. The lowest BCUT2D eigenvalue weighted by Gasteiger charge is -2.38. The molecule has 4 atom stereocenters. The molecule has 0 unspecified atom stereocenters. The highest BCUT2D eigenvalue weighted by atomic mass is 28.3. The van der Waals surface area contributed by atoms with E-state index in [1.807, 2.05) is 121 Å². The first-order valence-corrected chi connectivity index (χ1v) is 27.7. The summed E-state index contributed by atoms with van der Waals surface area (Å²) in [5.41, 5.74) is 3.64. The van der Waals surface area contributed by atoms with E-state index in [4.69, 9.17) is 28.4 Å². The van der Waals surface area contributed by atoms with Crippen molar-refractivity contribution in [3.8, 4) is 0 Å². The molecule has 4 aromatic rings. The number of hydrogen-bond acceptors (Lipinski definition) is 8. The second-order valence-corrected chi connectivity index (χ2v) is 28.2. The van der Waals surface area contributed by atoms with Gasteiger partial charge >= 0.3 is 12.2 Å². The Morgan fingerprint density at radius 2 is 0.793 bits per heavy atom. The first-order chi connectivity index (χ1) is 27.8. The normalized spacial score (nSPS) is 13.8. The van der Waals surface area contributed by atoms with Crippen molar-refractivity contribution >= 4 is 28.3 Å². The molecule has 0 saturated carbocycles. The molecule has 2 N–H and O–H groups in total. The van der Waals surface area contributed by atoms with Crippen molar-refractivity contribution in [3.63, 3.8) is 0 Å². The van der Waals surface area contributed by atoms with Gasteiger partial charge in [-0.05, 0) is 47.2 Å². The summed E-state index contributed by atoms with van der Waals surface area (Å²) in [5.74, 6) is 0. The van der Waals surface area contributed by atoms with Crippen molar-refractivity contribution in [1.29, 1.82) is 0 Å². The lowest BCUT2D eigenvalue weighted by atomic mass is 9.91. The van der Waals surface area contributed by atoms with Crippen LogP contribution < -0.4 is 10.6 Å². The topological polar surface area (TPSA) is 114 Å². The first kappa shape index (κ1) is 46.4. The zero-order chi connectivity index (χ0) is 41.6. The molecule has 0 radical (unpaired) electrons. The summed E-state index contributed by atoms with van der Waals surface area (Å²) in [6.45, 7) is 14.9. The van der Waals surface area contributed by atoms with Gasteiger partial charge < -0.3 is 39.1 Å². The van der Waals surface area contributed by atoms with Gasteiger partial charge in [-0.15, -0.1) is 0 Å². The fourth-order valence-corrected chi connectivity index (χ4v) is 7.59. The number of nitrogens with one attached hydrogen (secondary N) is 2. The third kappa shape index (κ3) is 19.0. The second kappa shape index (κ2) is 24.6. The summed E-state index contributed by atoms with van der Waals surface area (Å²) in [6, 6.07) is 39.3. The van der Waals surface area contributed by atoms with Crippen molar-refractivity contribution in [1.82, 2.24) is 10.6 Å². The minimum absolute atomic E-state index is 0.0615. The molecule has 4 aromatic carbocycles. The van der Waals surface area contributed by atoms with Gasteiger partial charge in [-0.1, -0.05) is 161 Å². The third-order valence-electron chi connectivity index (χ3n) is 9.43. The molecule has 10 nitrogen and oxygen atoms in total. The molecule has 0 fully saturated rings. The lowest BCUT2D eigenvalue weighted by Crippen LogP contribution is -2.59. The smallest absolute Gasteiger partial charge is 0.407 e. The fraction of sp³-hybridized carbons (Fsp3) is 0.435. The van der Waals surface area contributed by atoms with Crippen LogP contribution >= 0.6 is 0 Å². The zero-order valence-electron chi connectivity index (χ0n) is 35.2. The van der Waals surface area contributed by atoms with Crippen LogP contribution in [0.1, 0.15) is 22.3 Å². The Morgan fingerprint density at radius 1 is 0.483 bits per heavy atom. The summed E-state index contributed by atoms with van der Waals surface area (Å²) in [5, 5.41) is 6.26.